The van der Waals surface area contributed by atoms with Gasteiger partial charge in [-0.3, -0.25) is 0 Å². The van der Waals surface area contributed by atoms with E-state index >= 15 is 0 Å². The summed E-state index contributed by atoms with van der Waals surface area (Å²) in [6.45, 7) is 0.542. The van der Waals surface area contributed by atoms with Crippen LogP contribution in [0.1, 0.15) is 11.6 Å². The third kappa shape index (κ3) is 3.44. The van der Waals surface area contributed by atoms with Crippen LogP contribution in [0.25, 0.3) is 0 Å². The molecule has 0 fully saturated rings. The van der Waals surface area contributed by atoms with Gasteiger partial charge in [-0.05, 0) is 23.0 Å². The monoisotopic (exact) mass is 348 g/mol. The molecule has 0 spiro atoms. The standard InChI is InChI=1S/C10H13BrN4O3S/c1-12-5-7-4-8(10(11)18-7)19(16,17)15-6-9-13-2-3-14-9/h2-4,12,15H,5-6H2,1H3,(H,13,14). The van der Waals surface area contributed by atoms with Crippen molar-refractivity contribution in [3.05, 3.63) is 34.7 Å². The molecule has 9 heteroatoms. The summed E-state index contributed by atoms with van der Waals surface area (Å²) in [6.07, 6.45) is 3.19. The highest BCUT2D eigenvalue weighted by atomic mass is 79.9. The first-order valence-electron chi connectivity index (χ1n) is 5.43. The summed E-state index contributed by atoms with van der Waals surface area (Å²) in [5.74, 6) is 1.08. The van der Waals surface area contributed by atoms with Gasteiger partial charge in [0.25, 0.3) is 0 Å². The number of halogens is 1. The molecule has 0 amide bonds. The van der Waals surface area contributed by atoms with Crippen LogP contribution in [0.3, 0.4) is 0 Å². The molecule has 3 N–H and O–H groups in total. The minimum absolute atomic E-state index is 0.0734. The zero-order valence-electron chi connectivity index (χ0n) is 10.1. The van der Waals surface area contributed by atoms with Gasteiger partial charge in [0.1, 0.15) is 16.5 Å². The second kappa shape index (κ2) is 5.87. The predicted molar refractivity (Wildman–Crippen MR) is 71.8 cm³/mol. The SMILES string of the molecule is CNCc1cc(S(=O)(=O)NCc2ncc[nH]2)c(Br)o1. The lowest BCUT2D eigenvalue weighted by Crippen LogP contribution is -2.23. The molecular formula is C10H13BrN4O3S. The molecule has 2 aromatic rings. The zero-order valence-corrected chi connectivity index (χ0v) is 12.5. The molecular weight excluding hydrogens is 336 g/mol. The molecule has 2 rings (SSSR count). The highest BCUT2D eigenvalue weighted by Crippen LogP contribution is 2.26. The van der Waals surface area contributed by atoms with E-state index in [0.29, 0.717) is 18.1 Å². The molecule has 0 atom stereocenters. The maximum atomic E-state index is 12.1. The lowest BCUT2D eigenvalue weighted by Gasteiger charge is -2.02. The highest BCUT2D eigenvalue weighted by Gasteiger charge is 2.22. The van der Waals surface area contributed by atoms with Crippen molar-refractivity contribution in [3.8, 4) is 0 Å². The predicted octanol–water partition coefficient (Wildman–Crippen LogP) is 0.963. The van der Waals surface area contributed by atoms with E-state index in [9.17, 15) is 8.42 Å². The zero-order chi connectivity index (χ0) is 13.9. The first kappa shape index (κ1) is 14.3. The molecule has 0 unspecified atom stereocenters. The van der Waals surface area contributed by atoms with Crippen molar-refractivity contribution in [3.63, 3.8) is 0 Å². The van der Waals surface area contributed by atoms with Crippen LogP contribution in [-0.2, 0) is 23.1 Å². The number of nitrogens with one attached hydrogen (secondary N) is 3. The Morgan fingerprint density at radius 2 is 2.26 bits per heavy atom. The summed E-state index contributed by atoms with van der Waals surface area (Å²) in [7, 11) is -1.89. The number of hydrogen-bond donors (Lipinski definition) is 3. The Balaban J connectivity index is 2.14. The minimum Gasteiger partial charge on any atom is -0.452 e. The maximum Gasteiger partial charge on any atom is 0.245 e. The Hall–Kier alpha value is -1.16. The number of sulfonamides is 1. The fourth-order valence-electron chi connectivity index (χ4n) is 1.48. The normalized spacial score (nSPS) is 11.9. The van der Waals surface area contributed by atoms with Crippen molar-refractivity contribution in [2.75, 3.05) is 7.05 Å². The number of nitrogens with zero attached hydrogens (tertiary/aromatic N) is 1. The van der Waals surface area contributed by atoms with E-state index in [1.165, 1.54) is 6.07 Å². The van der Waals surface area contributed by atoms with E-state index < -0.39 is 10.0 Å². The van der Waals surface area contributed by atoms with Gasteiger partial charge in [-0.2, -0.15) is 0 Å². The number of imidazole rings is 1. The van der Waals surface area contributed by atoms with Crippen molar-refractivity contribution in [1.82, 2.24) is 20.0 Å². The van der Waals surface area contributed by atoms with E-state index in [1.807, 2.05) is 0 Å². The van der Waals surface area contributed by atoms with E-state index in [2.05, 4.69) is 35.9 Å². The molecule has 0 radical (unpaired) electrons. The van der Waals surface area contributed by atoms with Gasteiger partial charge in [-0.1, -0.05) is 0 Å². The Kier molecular flexibility index (Phi) is 4.40. The van der Waals surface area contributed by atoms with Crippen LogP contribution in [0, 0.1) is 0 Å². The third-order valence-electron chi connectivity index (χ3n) is 2.33. The second-order valence-electron chi connectivity index (χ2n) is 3.74. The molecule has 104 valence electrons. The summed E-state index contributed by atoms with van der Waals surface area (Å²) in [5.41, 5.74) is 0. The first-order valence-corrected chi connectivity index (χ1v) is 7.71. The topological polar surface area (TPSA) is 100 Å². The molecule has 2 aromatic heterocycles. The largest absolute Gasteiger partial charge is 0.452 e. The summed E-state index contributed by atoms with van der Waals surface area (Å²) < 4.78 is 32.1. The molecule has 0 aliphatic carbocycles. The Morgan fingerprint density at radius 3 is 2.89 bits per heavy atom. The Labute approximate surface area is 119 Å². The van der Waals surface area contributed by atoms with E-state index in [0.717, 1.165) is 0 Å². The van der Waals surface area contributed by atoms with Crippen molar-refractivity contribution < 1.29 is 12.8 Å². The van der Waals surface area contributed by atoms with E-state index in [4.69, 9.17) is 4.42 Å². The van der Waals surface area contributed by atoms with Gasteiger partial charge in [-0.25, -0.2) is 18.1 Å². The van der Waals surface area contributed by atoms with Crippen LogP contribution >= 0.6 is 15.9 Å². The van der Waals surface area contributed by atoms with Gasteiger partial charge < -0.3 is 14.7 Å². The van der Waals surface area contributed by atoms with Gasteiger partial charge in [-0.15, -0.1) is 0 Å². The van der Waals surface area contributed by atoms with Crippen LogP contribution in [-0.4, -0.2) is 25.4 Å². The molecule has 7 nitrogen and oxygen atoms in total. The van der Waals surface area contributed by atoms with Gasteiger partial charge in [0.15, 0.2) is 4.67 Å². The number of furan rings is 1. The average Bonchev–Trinajstić information content (AvgIpc) is 2.97. The smallest absolute Gasteiger partial charge is 0.245 e. The molecule has 2 heterocycles. The second-order valence-corrected chi connectivity index (χ2v) is 6.20. The fourth-order valence-corrected chi connectivity index (χ4v) is 3.46. The van der Waals surface area contributed by atoms with Crippen LogP contribution in [0.4, 0.5) is 0 Å². The number of aromatic nitrogens is 2. The number of H-pyrrole nitrogens is 1. The summed E-state index contributed by atoms with van der Waals surface area (Å²) >= 11 is 3.10. The van der Waals surface area contributed by atoms with Crippen molar-refractivity contribution in [2.24, 2.45) is 0 Å². The van der Waals surface area contributed by atoms with Crippen LogP contribution in [0.5, 0.6) is 0 Å². The van der Waals surface area contributed by atoms with Crippen LogP contribution in [0.15, 0.2) is 32.4 Å². The van der Waals surface area contributed by atoms with E-state index in [-0.39, 0.29) is 16.1 Å². The molecule has 0 saturated heterocycles. The number of aromatic amines is 1. The quantitative estimate of drug-likeness (QED) is 0.721. The molecule has 0 aliphatic heterocycles. The molecule has 0 aromatic carbocycles. The molecule has 0 saturated carbocycles. The van der Waals surface area contributed by atoms with Crippen molar-refractivity contribution >= 4 is 26.0 Å². The molecule has 19 heavy (non-hydrogen) atoms. The summed E-state index contributed by atoms with van der Waals surface area (Å²) in [5, 5.41) is 2.89. The fraction of sp³-hybridized carbons (Fsp3) is 0.300. The summed E-state index contributed by atoms with van der Waals surface area (Å²) in [4.78, 5) is 6.83. The third-order valence-corrected chi connectivity index (χ3v) is 4.59. The lowest BCUT2D eigenvalue weighted by atomic mass is 10.4. The summed E-state index contributed by atoms with van der Waals surface area (Å²) in [6, 6.07) is 1.48. The molecule has 0 aliphatic rings. The lowest BCUT2D eigenvalue weighted by molar-refractivity contribution is 0.470. The van der Waals surface area contributed by atoms with Crippen molar-refractivity contribution in [2.45, 2.75) is 18.0 Å². The number of hydrogen-bond acceptors (Lipinski definition) is 5. The first-order chi connectivity index (χ1) is 9.03. The maximum absolute atomic E-state index is 12.1. The highest BCUT2D eigenvalue weighted by molar-refractivity contribution is 9.10. The van der Waals surface area contributed by atoms with Gasteiger partial charge in [0, 0.05) is 18.5 Å². The van der Waals surface area contributed by atoms with Gasteiger partial charge in [0.2, 0.25) is 10.0 Å². The van der Waals surface area contributed by atoms with Crippen LogP contribution in [0.2, 0.25) is 0 Å². The van der Waals surface area contributed by atoms with Crippen molar-refractivity contribution in [1.29, 1.82) is 0 Å². The molecule has 0 bridgehead atoms. The average molecular weight is 349 g/mol. The van der Waals surface area contributed by atoms with Gasteiger partial charge >= 0.3 is 0 Å². The van der Waals surface area contributed by atoms with Gasteiger partial charge in [0.05, 0.1) is 13.1 Å². The Bertz CT molecular complexity index is 636. The number of rotatable bonds is 6. The minimum atomic E-state index is -3.64. The Morgan fingerprint density at radius 1 is 1.47 bits per heavy atom. The van der Waals surface area contributed by atoms with E-state index in [1.54, 1.807) is 19.4 Å². The van der Waals surface area contributed by atoms with Crippen LogP contribution < -0.4 is 10.0 Å².